The monoisotopic (exact) mass is 311 g/mol. The van der Waals surface area contributed by atoms with Crippen LogP contribution in [-0.4, -0.2) is 20.8 Å². The zero-order valence-corrected chi connectivity index (χ0v) is 12.1. The largest absolute Gasteiger partial charge is 0.392 e. The number of halogens is 1. The van der Waals surface area contributed by atoms with Gasteiger partial charge in [-0.1, -0.05) is 24.3 Å². The van der Waals surface area contributed by atoms with Crippen molar-refractivity contribution in [1.82, 2.24) is 9.78 Å². The van der Waals surface area contributed by atoms with E-state index < -0.39 is 11.7 Å². The quantitative estimate of drug-likeness (QED) is 0.778. The Morgan fingerprint density at radius 2 is 2.00 bits per heavy atom. The molecule has 1 amide bonds. The Kier molecular flexibility index (Phi) is 4.16. The molecular formula is C17H14FN3O2. The first-order valence-electron chi connectivity index (χ1n) is 6.99. The maximum atomic E-state index is 13.7. The third-order valence-corrected chi connectivity index (χ3v) is 3.29. The predicted molar refractivity (Wildman–Crippen MR) is 83.8 cm³/mol. The van der Waals surface area contributed by atoms with E-state index in [-0.39, 0.29) is 18.0 Å². The van der Waals surface area contributed by atoms with Crippen LogP contribution < -0.4 is 5.32 Å². The van der Waals surface area contributed by atoms with Crippen LogP contribution in [0.3, 0.4) is 0 Å². The molecule has 0 saturated carbocycles. The number of nitrogens with zero attached hydrogens (tertiary/aromatic N) is 2. The number of carbonyl (C=O) groups excluding carboxylic acids is 1. The lowest BCUT2D eigenvalue weighted by atomic mass is 10.2. The fourth-order valence-corrected chi connectivity index (χ4v) is 2.16. The van der Waals surface area contributed by atoms with Crippen LogP contribution in [0.15, 0.2) is 60.8 Å². The van der Waals surface area contributed by atoms with E-state index in [4.69, 9.17) is 5.11 Å². The van der Waals surface area contributed by atoms with Crippen LogP contribution in [0.25, 0.3) is 5.69 Å². The topological polar surface area (TPSA) is 67.2 Å². The molecule has 0 aliphatic rings. The van der Waals surface area contributed by atoms with E-state index in [1.165, 1.54) is 23.0 Å². The van der Waals surface area contributed by atoms with E-state index in [9.17, 15) is 9.18 Å². The standard InChI is InChI=1S/C17H14FN3O2/c18-14-6-1-2-7-16(14)21-9-8-15(20-21)17(23)19-13-5-3-4-12(10-13)11-22/h1-10,22H,11H2,(H,19,23). The van der Waals surface area contributed by atoms with E-state index in [1.807, 2.05) is 0 Å². The van der Waals surface area contributed by atoms with Gasteiger partial charge in [0.05, 0.1) is 6.61 Å². The first-order valence-corrected chi connectivity index (χ1v) is 6.99. The molecular weight excluding hydrogens is 297 g/mol. The van der Waals surface area contributed by atoms with Crippen LogP contribution in [-0.2, 0) is 6.61 Å². The van der Waals surface area contributed by atoms with Gasteiger partial charge >= 0.3 is 0 Å². The highest BCUT2D eigenvalue weighted by Crippen LogP contribution is 2.14. The molecule has 0 fully saturated rings. The molecule has 0 unspecified atom stereocenters. The van der Waals surface area contributed by atoms with Crippen molar-refractivity contribution in [1.29, 1.82) is 0 Å². The lowest BCUT2D eigenvalue weighted by Gasteiger charge is -2.05. The van der Waals surface area contributed by atoms with E-state index in [1.54, 1.807) is 42.5 Å². The van der Waals surface area contributed by atoms with E-state index in [2.05, 4.69) is 10.4 Å². The highest BCUT2D eigenvalue weighted by Gasteiger charge is 2.12. The fourth-order valence-electron chi connectivity index (χ4n) is 2.16. The number of anilines is 1. The van der Waals surface area contributed by atoms with Crippen LogP contribution in [0, 0.1) is 5.82 Å². The van der Waals surface area contributed by atoms with Crippen molar-refractivity contribution in [2.45, 2.75) is 6.61 Å². The summed E-state index contributed by atoms with van der Waals surface area (Å²) in [7, 11) is 0. The molecule has 23 heavy (non-hydrogen) atoms. The van der Waals surface area contributed by atoms with Gasteiger partial charge in [0.15, 0.2) is 5.69 Å². The second kappa shape index (κ2) is 6.41. The summed E-state index contributed by atoms with van der Waals surface area (Å²) < 4.78 is 15.0. The first kappa shape index (κ1) is 14.9. The number of aliphatic hydroxyl groups is 1. The van der Waals surface area contributed by atoms with Crippen LogP contribution in [0.2, 0.25) is 0 Å². The van der Waals surface area contributed by atoms with Gasteiger partial charge in [0, 0.05) is 11.9 Å². The van der Waals surface area contributed by atoms with E-state index >= 15 is 0 Å². The lowest BCUT2D eigenvalue weighted by Crippen LogP contribution is -2.13. The molecule has 0 saturated heterocycles. The summed E-state index contributed by atoms with van der Waals surface area (Å²) in [6.07, 6.45) is 1.53. The van der Waals surface area contributed by atoms with Crippen molar-refractivity contribution in [3.63, 3.8) is 0 Å². The molecule has 0 atom stereocenters. The minimum atomic E-state index is -0.418. The second-order valence-electron chi connectivity index (χ2n) is 4.91. The van der Waals surface area contributed by atoms with Gasteiger partial charge in [0.1, 0.15) is 11.5 Å². The molecule has 3 rings (SSSR count). The van der Waals surface area contributed by atoms with Crippen molar-refractivity contribution in [3.05, 3.63) is 77.9 Å². The van der Waals surface area contributed by atoms with Crippen LogP contribution in [0.1, 0.15) is 16.1 Å². The fraction of sp³-hybridized carbons (Fsp3) is 0.0588. The second-order valence-corrected chi connectivity index (χ2v) is 4.91. The SMILES string of the molecule is O=C(Nc1cccc(CO)c1)c1ccn(-c2ccccc2F)n1. The number of rotatable bonds is 4. The van der Waals surface area contributed by atoms with Crippen LogP contribution in [0.5, 0.6) is 0 Å². The maximum Gasteiger partial charge on any atom is 0.276 e. The molecule has 2 aromatic carbocycles. The number of aromatic nitrogens is 2. The van der Waals surface area contributed by atoms with Gasteiger partial charge < -0.3 is 10.4 Å². The van der Waals surface area contributed by atoms with Gasteiger partial charge in [0.2, 0.25) is 0 Å². The highest BCUT2D eigenvalue weighted by molar-refractivity contribution is 6.02. The molecule has 2 N–H and O–H groups in total. The lowest BCUT2D eigenvalue weighted by molar-refractivity contribution is 0.102. The molecule has 0 aliphatic heterocycles. The number of amides is 1. The number of hydrogen-bond donors (Lipinski definition) is 2. The predicted octanol–water partition coefficient (Wildman–Crippen LogP) is 2.76. The smallest absolute Gasteiger partial charge is 0.276 e. The molecule has 1 aromatic heterocycles. The number of carbonyl (C=O) groups is 1. The third kappa shape index (κ3) is 3.27. The molecule has 6 heteroatoms. The van der Waals surface area contributed by atoms with Gasteiger partial charge in [0.25, 0.3) is 5.91 Å². The van der Waals surface area contributed by atoms with E-state index in [0.717, 1.165) is 0 Å². The number of benzene rings is 2. The molecule has 5 nitrogen and oxygen atoms in total. The Morgan fingerprint density at radius 3 is 2.78 bits per heavy atom. The Hall–Kier alpha value is -2.99. The Balaban J connectivity index is 1.80. The van der Waals surface area contributed by atoms with Gasteiger partial charge in [-0.3, -0.25) is 4.79 Å². The van der Waals surface area contributed by atoms with Crippen molar-refractivity contribution in [2.75, 3.05) is 5.32 Å². The maximum absolute atomic E-state index is 13.7. The van der Waals surface area contributed by atoms with Gasteiger partial charge in [-0.2, -0.15) is 5.10 Å². The van der Waals surface area contributed by atoms with Gasteiger partial charge in [-0.15, -0.1) is 0 Å². The Morgan fingerprint density at radius 1 is 1.17 bits per heavy atom. The molecule has 116 valence electrons. The molecule has 0 radical (unpaired) electrons. The Labute approximate surface area is 132 Å². The average molecular weight is 311 g/mol. The summed E-state index contributed by atoms with van der Waals surface area (Å²) >= 11 is 0. The van der Waals surface area contributed by atoms with Crippen molar-refractivity contribution in [2.24, 2.45) is 0 Å². The number of para-hydroxylation sites is 1. The minimum Gasteiger partial charge on any atom is -0.392 e. The summed E-state index contributed by atoms with van der Waals surface area (Å²) in [4.78, 5) is 12.2. The van der Waals surface area contributed by atoms with Crippen LogP contribution >= 0.6 is 0 Å². The average Bonchev–Trinajstić information content (AvgIpc) is 3.05. The van der Waals surface area contributed by atoms with E-state index in [0.29, 0.717) is 11.3 Å². The zero-order valence-electron chi connectivity index (χ0n) is 12.1. The van der Waals surface area contributed by atoms with Crippen molar-refractivity contribution < 1.29 is 14.3 Å². The van der Waals surface area contributed by atoms with Crippen molar-refractivity contribution in [3.8, 4) is 5.69 Å². The van der Waals surface area contributed by atoms with Gasteiger partial charge in [-0.25, -0.2) is 9.07 Å². The van der Waals surface area contributed by atoms with Crippen LogP contribution in [0.4, 0.5) is 10.1 Å². The summed E-state index contributed by atoms with van der Waals surface area (Å²) in [5.74, 6) is -0.826. The number of aliphatic hydroxyl groups excluding tert-OH is 1. The molecule has 1 heterocycles. The first-order chi connectivity index (χ1) is 11.2. The molecule has 0 spiro atoms. The summed E-state index contributed by atoms with van der Waals surface area (Å²) in [5.41, 5.74) is 1.69. The summed E-state index contributed by atoms with van der Waals surface area (Å²) in [6, 6.07) is 14.6. The third-order valence-electron chi connectivity index (χ3n) is 3.29. The molecule has 0 aliphatic carbocycles. The number of nitrogens with one attached hydrogen (secondary N) is 1. The van der Waals surface area contributed by atoms with Gasteiger partial charge in [-0.05, 0) is 35.9 Å². The molecule has 3 aromatic rings. The normalized spacial score (nSPS) is 10.5. The summed E-state index contributed by atoms with van der Waals surface area (Å²) in [6.45, 7) is -0.106. The minimum absolute atomic E-state index is 0.106. The summed E-state index contributed by atoms with van der Waals surface area (Å²) in [5, 5.41) is 15.9. The number of hydrogen-bond acceptors (Lipinski definition) is 3. The Bertz CT molecular complexity index is 845. The highest BCUT2D eigenvalue weighted by atomic mass is 19.1. The van der Waals surface area contributed by atoms with Crippen molar-refractivity contribution >= 4 is 11.6 Å². The molecule has 0 bridgehead atoms. The zero-order chi connectivity index (χ0) is 16.2.